The number of hydrogen-bond donors (Lipinski definition) is 0. The van der Waals surface area contributed by atoms with Crippen molar-refractivity contribution in [1.82, 2.24) is 19.5 Å². The van der Waals surface area contributed by atoms with E-state index in [9.17, 15) is 0 Å². The Bertz CT molecular complexity index is 2650. The number of imidazole rings is 1. The third-order valence-corrected chi connectivity index (χ3v) is 8.95. The zero-order chi connectivity index (χ0) is 30.9. The summed E-state index contributed by atoms with van der Waals surface area (Å²) in [5.41, 5.74) is 12.3. The SMILES string of the molecule is c1ccc(-c2nc(-c3cccc(N4c5ccccc5-c5ccccc5-n5c4nc4ccccc45)c3)nc3c2oc2ccccc23)cc1. The number of anilines is 3. The first kappa shape index (κ1) is 25.8. The van der Waals surface area contributed by atoms with Crippen LogP contribution in [0.25, 0.3) is 72.6 Å². The summed E-state index contributed by atoms with van der Waals surface area (Å²) in [5, 5.41) is 0.965. The lowest BCUT2D eigenvalue weighted by Gasteiger charge is -2.25. The summed E-state index contributed by atoms with van der Waals surface area (Å²) in [5.74, 6) is 1.45. The summed E-state index contributed by atoms with van der Waals surface area (Å²) >= 11 is 0. The van der Waals surface area contributed by atoms with Crippen LogP contribution in [0.3, 0.4) is 0 Å². The Kier molecular flexibility index (Phi) is 5.48. The second kappa shape index (κ2) is 9.99. The van der Waals surface area contributed by atoms with Gasteiger partial charge in [0.25, 0.3) is 0 Å². The van der Waals surface area contributed by atoms with E-state index in [4.69, 9.17) is 19.4 Å². The average Bonchev–Trinajstić information content (AvgIpc) is 3.67. The van der Waals surface area contributed by atoms with Crippen LogP contribution in [-0.4, -0.2) is 19.5 Å². The molecule has 0 bridgehead atoms. The fraction of sp³-hybridized carbons (Fsp3) is 0. The maximum absolute atomic E-state index is 6.36. The van der Waals surface area contributed by atoms with E-state index in [0.29, 0.717) is 11.4 Å². The van der Waals surface area contributed by atoms with Crippen LogP contribution in [0.15, 0.2) is 156 Å². The van der Waals surface area contributed by atoms with Gasteiger partial charge in [-0.25, -0.2) is 15.0 Å². The summed E-state index contributed by atoms with van der Waals surface area (Å²) in [6, 6.07) is 52.1. The number of rotatable bonds is 3. The van der Waals surface area contributed by atoms with Crippen molar-refractivity contribution in [2.24, 2.45) is 0 Å². The van der Waals surface area contributed by atoms with Gasteiger partial charge in [0, 0.05) is 33.3 Å². The molecule has 0 spiro atoms. The second-order valence-corrected chi connectivity index (χ2v) is 11.7. The van der Waals surface area contributed by atoms with E-state index < -0.39 is 0 Å². The van der Waals surface area contributed by atoms with Crippen LogP contribution < -0.4 is 4.90 Å². The fourth-order valence-electron chi connectivity index (χ4n) is 6.85. The Morgan fingerprint density at radius 3 is 2.13 bits per heavy atom. The smallest absolute Gasteiger partial charge is 0.220 e. The predicted molar refractivity (Wildman–Crippen MR) is 188 cm³/mol. The van der Waals surface area contributed by atoms with Crippen molar-refractivity contribution in [3.8, 4) is 39.5 Å². The van der Waals surface area contributed by atoms with Crippen molar-refractivity contribution in [2.75, 3.05) is 4.90 Å². The number of nitrogens with zero attached hydrogens (tertiary/aromatic N) is 5. The van der Waals surface area contributed by atoms with Crippen LogP contribution in [0.1, 0.15) is 0 Å². The van der Waals surface area contributed by atoms with Gasteiger partial charge in [0.15, 0.2) is 11.4 Å². The summed E-state index contributed by atoms with van der Waals surface area (Å²) in [6.45, 7) is 0. The normalized spacial score (nSPS) is 12.2. The molecule has 1 aliphatic rings. The van der Waals surface area contributed by atoms with Gasteiger partial charge in [0.05, 0.1) is 22.4 Å². The molecule has 0 fully saturated rings. The Morgan fingerprint density at radius 1 is 0.532 bits per heavy atom. The lowest BCUT2D eigenvalue weighted by molar-refractivity contribution is 0.667. The van der Waals surface area contributed by atoms with Gasteiger partial charge in [-0.05, 0) is 48.5 Å². The van der Waals surface area contributed by atoms with Gasteiger partial charge in [-0.15, -0.1) is 0 Å². The molecule has 220 valence electrons. The van der Waals surface area contributed by atoms with E-state index >= 15 is 0 Å². The molecule has 6 aromatic carbocycles. The molecule has 9 aromatic rings. The third kappa shape index (κ3) is 3.88. The minimum atomic E-state index is 0.629. The van der Waals surface area contributed by atoms with Crippen LogP contribution in [-0.2, 0) is 0 Å². The van der Waals surface area contributed by atoms with Gasteiger partial charge < -0.3 is 4.42 Å². The van der Waals surface area contributed by atoms with Gasteiger partial charge in [-0.1, -0.05) is 103 Å². The Morgan fingerprint density at radius 2 is 1.23 bits per heavy atom. The number of para-hydroxylation sites is 5. The minimum absolute atomic E-state index is 0.629. The van der Waals surface area contributed by atoms with E-state index in [1.165, 1.54) is 0 Å². The molecule has 6 nitrogen and oxygen atoms in total. The zero-order valence-electron chi connectivity index (χ0n) is 25.1. The summed E-state index contributed by atoms with van der Waals surface area (Å²) in [6.07, 6.45) is 0. The van der Waals surface area contributed by atoms with Crippen LogP contribution >= 0.6 is 0 Å². The Labute approximate surface area is 269 Å². The van der Waals surface area contributed by atoms with E-state index in [1.54, 1.807) is 0 Å². The van der Waals surface area contributed by atoms with Crippen molar-refractivity contribution < 1.29 is 4.42 Å². The van der Waals surface area contributed by atoms with E-state index in [0.717, 1.165) is 78.5 Å². The Hall–Kier alpha value is -6.53. The van der Waals surface area contributed by atoms with Crippen molar-refractivity contribution in [1.29, 1.82) is 0 Å². The molecule has 0 N–H and O–H groups in total. The van der Waals surface area contributed by atoms with Gasteiger partial charge >= 0.3 is 0 Å². The second-order valence-electron chi connectivity index (χ2n) is 11.7. The van der Waals surface area contributed by atoms with E-state index in [-0.39, 0.29) is 0 Å². The lowest BCUT2D eigenvalue weighted by Crippen LogP contribution is -2.14. The highest BCUT2D eigenvalue weighted by Crippen LogP contribution is 2.48. The number of hydrogen-bond acceptors (Lipinski definition) is 5. The molecule has 0 radical (unpaired) electrons. The lowest BCUT2D eigenvalue weighted by atomic mass is 10.0. The maximum atomic E-state index is 6.36. The van der Waals surface area contributed by atoms with Gasteiger partial charge in [-0.2, -0.15) is 0 Å². The molecular weight excluding hydrogens is 578 g/mol. The molecule has 6 heteroatoms. The Balaban J connectivity index is 1.23. The molecule has 0 saturated carbocycles. The van der Waals surface area contributed by atoms with Crippen LogP contribution in [0.5, 0.6) is 0 Å². The quantitative estimate of drug-likeness (QED) is 0.201. The molecule has 0 atom stereocenters. The number of aromatic nitrogens is 4. The molecule has 4 heterocycles. The standard InChI is InChI=1S/C41H25N5O/c1-2-13-26(14-3-1)37-39-38(31-19-6-11-24-36(31)47-39)44-40(43-37)27-15-12-16-28(25-27)45-33-21-8-4-17-29(33)30-18-5-9-22-34(30)46-35-23-10-7-20-32(35)42-41(45)46/h1-25H. The molecular formula is C41H25N5O. The summed E-state index contributed by atoms with van der Waals surface area (Å²) < 4.78 is 8.62. The summed E-state index contributed by atoms with van der Waals surface area (Å²) in [4.78, 5) is 17.8. The third-order valence-electron chi connectivity index (χ3n) is 8.95. The molecule has 0 amide bonds. The number of benzene rings is 6. The van der Waals surface area contributed by atoms with Crippen LogP contribution in [0.2, 0.25) is 0 Å². The monoisotopic (exact) mass is 603 g/mol. The first-order valence-corrected chi connectivity index (χ1v) is 15.6. The topological polar surface area (TPSA) is 60.0 Å². The first-order chi connectivity index (χ1) is 23.3. The average molecular weight is 604 g/mol. The van der Waals surface area contributed by atoms with Crippen molar-refractivity contribution in [2.45, 2.75) is 0 Å². The first-order valence-electron chi connectivity index (χ1n) is 15.6. The van der Waals surface area contributed by atoms with Gasteiger partial charge in [0.2, 0.25) is 5.95 Å². The molecule has 10 rings (SSSR count). The van der Waals surface area contributed by atoms with Crippen LogP contribution in [0.4, 0.5) is 17.3 Å². The largest absolute Gasteiger partial charge is 0.452 e. The molecule has 0 unspecified atom stereocenters. The summed E-state index contributed by atoms with van der Waals surface area (Å²) in [7, 11) is 0. The molecule has 1 aliphatic heterocycles. The minimum Gasteiger partial charge on any atom is -0.452 e. The molecule has 0 saturated heterocycles. The molecule has 3 aromatic heterocycles. The van der Waals surface area contributed by atoms with E-state index in [2.05, 4.69) is 119 Å². The van der Waals surface area contributed by atoms with Crippen molar-refractivity contribution in [3.63, 3.8) is 0 Å². The van der Waals surface area contributed by atoms with E-state index in [1.807, 2.05) is 42.5 Å². The molecule has 0 aliphatic carbocycles. The number of fused-ring (bicyclic) bond motifs is 10. The predicted octanol–water partition coefficient (Wildman–Crippen LogP) is 10.5. The number of furan rings is 1. The molecule has 47 heavy (non-hydrogen) atoms. The fourth-order valence-corrected chi connectivity index (χ4v) is 6.85. The maximum Gasteiger partial charge on any atom is 0.220 e. The highest BCUT2D eigenvalue weighted by atomic mass is 16.3. The van der Waals surface area contributed by atoms with Gasteiger partial charge in [0.1, 0.15) is 16.8 Å². The van der Waals surface area contributed by atoms with Crippen molar-refractivity contribution >= 4 is 50.4 Å². The highest BCUT2D eigenvalue weighted by molar-refractivity contribution is 6.07. The zero-order valence-corrected chi connectivity index (χ0v) is 25.1. The van der Waals surface area contributed by atoms with Crippen LogP contribution in [0, 0.1) is 0 Å². The van der Waals surface area contributed by atoms with Gasteiger partial charge in [-0.3, -0.25) is 9.47 Å². The highest BCUT2D eigenvalue weighted by Gasteiger charge is 2.29. The van der Waals surface area contributed by atoms with Crippen molar-refractivity contribution in [3.05, 3.63) is 152 Å².